The third-order valence-electron chi connectivity index (χ3n) is 3.15. The second-order valence-electron chi connectivity index (χ2n) is 4.37. The first kappa shape index (κ1) is 12.5. The molecule has 0 spiro atoms. The summed E-state index contributed by atoms with van der Waals surface area (Å²) >= 11 is 0. The van der Waals surface area contributed by atoms with Crippen LogP contribution in [0.3, 0.4) is 0 Å². The fourth-order valence-electron chi connectivity index (χ4n) is 1.87. The molecular formula is C11H22N2O2. The van der Waals surface area contributed by atoms with Crippen LogP contribution in [0.1, 0.15) is 26.2 Å². The number of carbonyl (C=O) groups excluding carboxylic acids is 1. The molecule has 1 rings (SSSR count). The first-order valence-electron chi connectivity index (χ1n) is 5.77. The van der Waals surface area contributed by atoms with Gasteiger partial charge in [0.15, 0.2) is 0 Å². The number of nitrogens with one attached hydrogen (secondary N) is 1. The second kappa shape index (κ2) is 6.08. The van der Waals surface area contributed by atoms with Gasteiger partial charge in [-0.1, -0.05) is 6.92 Å². The standard InChI is InChI=1S/C11H22N2O2/c1-3-9(8-14)11(15)12-10-4-6-13(2)7-5-10/h9-10,14H,3-8H2,1-2H3,(H,12,15). The van der Waals surface area contributed by atoms with Crippen molar-refractivity contribution in [2.24, 2.45) is 5.92 Å². The van der Waals surface area contributed by atoms with E-state index >= 15 is 0 Å². The highest BCUT2D eigenvalue weighted by molar-refractivity contribution is 5.79. The van der Waals surface area contributed by atoms with Gasteiger partial charge in [0.1, 0.15) is 0 Å². The summed E-state index contributed by atoms with van der Waals surface area (Å²) in [5.74, 6) is -0.223. The molecule has 0 radical (unpaired) electrons. The lowest BCUT2D eigenvalue weighted by atomic mass is 10.0. The molecule has 0 saturated carbocycles. The first-order valence-corrected chi connectivity index (χ1v) is 5.77. The molecular weight excluding hydrogens is 192 g/mol. The third-order valence-corrected chi connectivity index (χ3v) is 3.15. The summed E-state index contributed by atoms with van der Waals surface area (Å²) in [7, 11) is 2.10. The molecule has 4 nitrogen and oxygen atoms in total. The van der Waals surface area contributed by atoms with Crippen molar-refractivity contribution in [2.75, 3.05) is 26.7 Å². The van der Waals surface area contributed by atoms with E-state index < -0.39 is 0 Å². The number of aliphatic hydroxyl groups excluding tert-OH is 1. The van der Waals surface area contributed by atoms with Crippen molar-refractivity contribution in [3.05, 3.63) is 0 Å². The highest BCUT2D eigenvalue weighted by Gasteiger charge is 2.21. The van der Waals surface area contributed by atoms with Gasteiger partial charge in [-0.2, -0.15) is 0 Å². The van der Waals surface area contributed by atoms with Gasteiger partial charge in [-0.05, 0) is 39.4 Å². The fourth-order valence-corrected chi connectivity index (χ4v) is 1.87. The molecule has 1 aliphatic rings. The van der Waals surface area contributed by atoms with Gasteiger partial charge in [0, 0.05) is 6.04 Å². The Labute approximate surface area is 91.6 Å². The van der Waals surface area contributed by atoms with E-state index in [0.29, 0.717) is 12.5 Å². The molecule has 1 fully saturated rings. The summed E-state index contributed by atoms with van der Waals surface area (Å²) in [6.07, 6.45) is 2.74. The average Bonchev–Trinajstić information content (AvgIpc) is 2.23. The minimum atomic E-state index is -0.232. The van der Waals surface area contributed by atoms with Gasteiger partial charge in [-0.15, -0.1) is 0 Å². The Morgan fingerprint density at radius 3 is 2.60 bits per heavy atom. The predicted molar refractivity (Wildman–Crippen MR) is 59.5 cm³/mol. The van der Waals surface area contributed by atoms with Gasteiger partial charge < -0.3 is 15.3 Å². The largest absolute Gasteiger partial charge is 0.396 e. The van der Waals surface area contributed by atoms with E-state index in [1.54, 1.807) is 0 Å². The summed E-state index contributed by atoms with van der Waals surface area (Å²) in [4.78, 5) is 13.9. The van der Waals surface area contributed by atoms with Gasteiger partial charge in [0.05, 0.1) is 12.5 Å². The zero-order valence-corrected chi connectivity index (χ0v) is 9.70. The maximum Gasteiger partial charge on any atom is 0.225 e. The molecule has 1 saturated heterocycles. The minimum absolute atomic E-state index is 0.00885. The minimum Gasteiger partial charge on any atom is -0.396 e. The van der Waals surface area contributed by atoms with Gasteiger partial charge in [0.2, 0.25) is 5.91 Å². The summed E-state index contributed by atoms with van der Waals surface area (Å²) in [5, 5.41) is 12.0. The number of amides is 1. The van der Waals surface area contributed by atoms with E-state index in [9.17, 15) is 4.79 Å². The van der Waals surface area contributed by atoms with E-state index in [4.69, 9.17) is 5.11 Å². The van der Waals surface area contributed by atoms with E-state index in [-0.39, 0.29) is 18.4 Å². The molecule has 88 valence electrons. The number of aliphatic hydroxyl groups is 1. The molecule has 1 atom stereocenters. The van der Waals surface area contributed by atoms with Crippen molar-refractivity contribution in [1.82, 2.24) is 10.2 Å². The lowest BCUT2D eigenvalue weighted by Crippen LogP contribution is -2.45. The average molecular weight is 214 g/mol. The zero-order chi connectivity index (χ0) is 11.3. The Bertz CT molecular complexity index is 197. The molecule has 1 unspecified atom stereocenters. The van der Waals surface area contributed by atoms with Crippen molar-refractivity contribution < 1.29 is 9.90 Å². The molecule has 0 aromatic heterocycles. The van der Waals surface area contributed by atoms with Crippen LogP contribution in [0.4, 0.5) is 0 Å². The summed E-state index contributed by atoms with van der Waals surface area (Å²) < 4.78 is 0. The number of hydrogen-bond acceptors (Lipinski definition) is 3. The van der Waals surface area contributed by atoms with Crippen molar-refractivity contribution >= 4 is 5.91 Å². The summed E-state index contributed by atoms with van der Waals surface area (Å²) in [6.45, 7) is 3.96. The molecule has 1 aliphatic heterocycles. The predicted octanol–water partition coefficient (Wildman–Crippen LogP) is 0.215. The number of carbonyl (C=O) groups is 1. The molecule has 0 aromatic rings. The van der Waals surface area contributed by atoms with Crippen molar-refractivity contribution in [3.8, 4) is 0 Å². The van der Waals surface area contributed by atoms with Crippen LogP contribution in [0.15, 0.2) is 0 Å². The van der Waals surface area contributed by atoms with Crippen LogP contribution in [-0.4, -0.2) is 48.7 Å². The molecule has 1 amide bonds. The SMILES string of the molecule is CCC(CO)C(=O)NC1CCN(C)CC1. The van der Waals surface area contributed by atoms with Crippen molar-refractivity contribution in [1.29, 1.82) is 0 Å². The molecule has 0 aromatic carbocycles. The Balaban J connectivity index is 2.31. The quantitative estimate of drug-likeness (QED) is 0.703. The van der Waals surface area contributed by atoms with Gasteiger partial charge in [-0.3, -0.25) is 4.79 Å². The Morgan fingerprint density at radius 2 is 2.13 bits per heavy atom. The van der Waals surface area contributed by atoms with Crippen LogP contribution in [0.2, 0.25) is 0 Å². The topological polar surface area (TPSA) is 52.6 Å². The number of hydrogen-bond donors (Lipinski definition) is 2. The van der Waals surface area contributed by atoms with E-state index in [1.807, 2.05) is 6.92 Å². The van der Waals surface area contributed by atoms with Crippen LogP contribution in [-0.2, 0) is 4.79 Å². The Hall–Kier alpha value is -0.610. The van der Waals surface area contributed by atoms with Gasteiger partial charge in [-0.25, -0.2) is 0 Å². The van der Waals surface area contributed by atoms with Crippen molar-refractivity contribution in [2.45, 2.75) is 32.2 Å². The maximum atomic E-state index is 11.7. The number of piperidine rings is 1. The molecule has 0 aliphatic carbocycles. The second-order valence-corrected chi connectivity index (χ2v) is 4.37. The normalized spacial score (nSPS) is 21.3. The van der Waals surface area contributed by atoms with E-state index in [1.165, 1.54) is 0 Å². The van der Waals surface area contributed by atoms with E-state index in [0.717, 1.165) is 25.9 Å². The van der Waals surface area contributed by atoms with Crippen LogP contribution in [0.25, 0.3) is 0 Å². The third kappa shape index (κ3) is 3.80. The van der Waals surface area contributed by atoms with Crippen LogP contribution < -0.4 is 5.32 Å². The zero-order valence-electron chi connectivity index (χ0n) is 9.70. The van der Waals surface area contributed by atoms with E-state index in [2.05, 4.69) is 17.3 Å². The Morgan fingerprint density at radius 1 is 1.53 bits per heavy atom. The van der Waals surface area contributed by atoms with Crippen LogP contribution in [0, 0.1) is 5.92 Å². The number of likely N-dealkylation sites (tertiary alicyclic amines) is 1. The fraction of sp³-hybridized carbons (Fsp3) is 0.909. The van der Waals surface area contributed by atoms with Gasteiger partial charge >= 0.3 is 0 Å². The lowest BCUT2D eigenvalue weighted by molar-refractivity contribution is -0.127. The molecule has 15 heavy (non-hydrogen) atoms. The monoisotopic (exact) mass is 214 g/mol. The van der Waals surface area contributed by atoms with Crippen molar-refractivity contribution in [3.63, 3.8) is 0 Å². The van der Waals surface area contributed by atoms with Crippen LogP contribution in [0.5, 0.6) is 0 Å². The Kier molecular flexibility index (Phi) is 5.05. The highest BCUT2D eigenvalue weighted by atomic mass is 16.3. The molecule has 4 heteroatoms. The molecule has 2 N–H and O–H groups in total. The first-order chi connectivity index (χ1) is 7.17. The maximum absolute atomic E-state index is 11.7. The highest BCUT2D eigenvalue weighted by Crippen LogP contribution is 2.10. The summed E-state index contributed by atoms with van der Waals surface area (Å²) in [5.41, 5.74) is 0. The lowest BCUT2D eigenvalue weighted by Gasteiger charge is -2.30. The molecule has 1 heterocycles. The smallest absolute Gasteiger partial charge is 0.225 e. The van der Waals surface area contributed by atoms with Crippen LogP contribution >= 0.6 is 0 Å². The number of nitrogens with zero attached hydrogens (tertiary/aromatic N) is 1. The summed E-state index contributed by atoms with van der Waals surface area (Å²) in [6, 6.07) is 0.300. The molecule has 0 bridgehead atoms. The van der Waals surface area contributed by atoms with Gasteiger partial charge in [0.25, 0.3) is 0 Å². The number of rotatable bonds is 4.